The van der Waals surface area contributed by atoms with Gasteiger partial charge in [0, 0.05) is 11.6 Å². The lowest BCUT2D eigenvalue weighted by molar-refractivity contribution is -0.116. The predicted molar refractivity (Wildman–Crippen MR) is 107 cm³/mol. The normalized spacial score (nSPS) is 10.7. The Kier molecular flexibility index (Phi) is 6.47. The molecule has 29 heavy (non-hydrogen) atoms. The van der Waals surface area contributed by atoms with Gasteiger partial charge in [-0.1, -0.05) is 11.2 Å². The topological polar surface area (TPSA) is 95.7 Å². The minimum absolute atomic E-state index is 0.123. The van der Waals surface area contributed by atoms with E-state index in [1.807, 2.05) is 30.3 Å². The third kappa shape index (κ3) is 5.13. The second-order valence-corrected chi connectivity index (χ2v) is 5.91. The van der Waals surface area contributed by atoms with E-state index in [-0.39, 0.29) is 12.5 Å². The van der Waals surface area contributed by atoms with E-state index in [1.54, 1.807) is 39.5 Å². The Hall–Kier alpha value is -3.81. The molecule has 0 fully saturated rings. The van der Waals surface area contributed by atoms with Crippen LogP contribution in [0.2, 0.25) is 0 Å². The third-order valence-corrected chi connectivity index (χ3v) is 4.06. The van der Waals surface area contributed by atoms with Gasteiger partial charge in [0.1, 0.15) is 5.75 Å². The van der Waals surface area contributed by atoms with Crippen molar-refractivity contribution in [2.75, 3.05) is 21.3 Å². The summed E-state index contributed by atoms with van der Waals surface area (Å²) in [5.41, 5.74) is 1.60. The minimum Gasteiger partial charge on any atom is -0.497 e. The van der Waals surface area contributed by atoms with E-state index in [9.17, 15) is 4.79 Å². The second kappa shape index (κ2) is 9.41. The van der Waals surface area contributed by atoms with Gasteiger partial charge in [-0.15, -0.1) is 0 Å². The number of nitrogens with one attached hydrogen (secondary N) is 1. The van der Waals surface area contributed by atoms with E-state index in [0.717, 1.165) is 16.9 Å². The summed E-state index contributed by atoms with van der Waals surface area (Å²) in [7, 11) is 4.73. The van der Waals surface area contributed by atoms with Crippen LogP contribution in [-0.2, 0) is 11.3 Å². The molecule has 1 amide bonds. The summed E-state index contributed by atoms with van der Waals surface area (Å²) in [6.07, 6.45) is 3.09. The molecule has 0 radical (unpaired) electrons. The van der Waals surface area contributed by atoms with Crippen molar-refractivity contribution in [3.05, 3.63) is 60.0 Å². The number of nitrogens with zero attached hydrogens (tertiary/aromatic N) is 2. The van der Waals surface area contributed by atoms with E-state index in [4.69, 9.17) is 18.7 Å². The van der Waals surface area contributed by atoms with E-state index in [2.05, 4.69) is 15.5 Å². The average Bonchev–Trinajstić information content (AvgIpc) is 3.25. The number of methoxy groups -OCH3 is 3. The van der Waals surface area contributed by atoms with Crippen molar-refractivity contribution in [3.63, 3.8) is 0 Å². The van der Waals surface area contributed by atoms with Crippen molar-refractivity contribution in [1.82, 2.24) is 15.5 Å². The standard InChI is InChI=1S/C21H21N3O5/c1-26-16-8-6-15(7-9-16)21-23-20(29-24-21)13-22-19(25)11-5-14-4-10-17(27-2)18(12-14)28-3/h4-12H,13H2,1-3H3,(H,22,25). The van der Waals surface area contributed by atoms with Crippen molar-refractivity contribution in [2.24, 2.45) is 0 Å². The zero-order chi connectivity index (χ0) is 20.6. The van der Waals surface area contributed by atoms with Gasteiger partial charge in [0.05, 0.1) is 27.9 Å². The average molecular weight is 395 g/mol. The number of carbonyl (C=O) groups is 1. The molecule has 1 N–H and O–H groups in total. The van der Waals surface area contributed by atoms with Crippen molar-refractivity contribution in [1.29, 1.82) is 0 Å². The van der Waals surface area contributed by atoms with Crippen LogP contribution in [0.5, 0.6) is 17.2 Å². The molecule has 0 unspecified atom stereocenters. The molecule has 8 heteroatoms. The van der Waals surface area contributed by atoms with Gasteiger partial charge in [-0.25, -0.2) is 0 Å². The van der Waals surface area contributed by atoms with E-state index in [0.29, 0.717) is 23.2 Å². The molecule has 8 nitrogen and oxygen atoms in total. The van der Waals surface area contributed by atoms with Gasteiger partial charge in [-0.05, 0) is 48.0 Å². The number of ether oxygens (including phenoxy) is 3. The number of hydrogen-bond donors (Lipinski definition) is 1. The first-order chi connectivity index (χ1) is 14.1. The number of aromatic nitrogens is 2. The van der Waals surface area contributed by atoms with E-state index >= 15 is 0 Å². The number of benzene rings is 2. The van der Waals surface area contributed by atoms with Crippen LogP contribution in [0.3, 0.4) is 0 Å². The number of amides is 1. The highest BCUT2D eigenvalue weighted by Gasteiger charge is 2.09. The highest BCUT2D eigenvalue weighted by molar-refractivity contribution is 5.91. The number of rotatable bonds is 8. The largest absolute Gasteiger partial charge is 0.497 e. The number of carbonyl (C=O) groups excluding carboxylic acids is 1. The highest BCUT2D eigenvalue weighted by atomic mass is 16.5. The van der Waals surface area contributed by atoms with Crippen molar-refractivity contribution >= 4 is 12.0 Å². The Labute approximate surface area is 168 Å². The summed E-state index contributed by atoms with van der Waals surface area (Å²) in [5, 5.41) is 6.63. The number of hydrogen-bond acceptors (Lipinski definition) is 7. The van der Waals surface area contributed by atoms with Crippen LogP contribution in [-0.4, -0.2) is 37.4 Å². The Balaban J connectivity index is 1.57. The fourth-order valence-corrected chi connectivity index (χ4v) is 2.53. The van der Waals surface area contributed by atoms with Crippen LogP contribution >= 0.6 is 0 Å². The van der Waals surface area contributed by atoms with Gasteiger partial charge in [0.25, 0.3) is 0 Å². The maximum absolute atomic E-state index is 12.1. The Bertz CT molecular complexity index is 996. The summed E-state index contributed by atoms with van der Waals surface area (Å²) in [6, 6.07) is 12.7. The maximum Gasteiger partial charge on any atom is 0.246 e. The summed E-state index contributed by atoms with van der Waals surface area (Å²) < 4.78 is 20.7. The maximum atomic E-state index is 12.1. The molecule has 2 aromatic carbocycles. The molecule has 0 saturated heterocycles. The van der Waals surface area contributed by atoms with Gasteiger partial charge in [-0.2, -0.15) is 4.98 Å². The zero-order valence-electron chi connectivity index (χ0n) is 16.3. The summed E-state index contributed by atoms with van der Waals surface area (Å²) in [4.78, 5) is 16.3. The SMILES string of the molecule is COc1ccc(-c2noc(CNC(=O)C=Cc3ccc(OC)c(OC)c3)n2)cc1. The van der Waals surface area contributed by atoms with Crippen molar-refractivity contribution in [3.8, 4) is 28.6 Å². The van der Waals surface area contributed by atoms with Crippen LogP contribution in [0.25, 0.3) is 17.5 Å². The molecule has 0 spiro atoms. The molecule has 0 aliphatic heterocycles. The lowest BCUT2D eigenvalue weighted by atomic mass is 10.2. The quantitative estimate of drug-likeness (QED) is 0.586. The fraction of sp³-hybridized carbons (Fsp3) is 0.190. The van der Waals surface area contributed by atoms with Crippen molar-refractivity contribution in [2.45, 2.75) is 6.54 Å². The van der Waals surface area contributed by atoms with Crippen LogP contribution in [0.4, 0.5) is 0 Å². The van der Waals surface area contributed by atoms with Crippen LogP contribution < -0.4 is 19.5 Å². The molecule has 0 bridgehead atoms. The lowest BCUT2D eigenvalue weighted by Crippen LogP contribution is -2.20. The molecular formula is C21H21N3O5. The summed E-state index contributed by atoms with van der Waals surface area (Å²) >= 11 is 0. The van der Waals surface area contributed by atoms with Crippen molar-refractivity contribution < 1.29 is 23.5 Å². The van der Waals surface area contributed by atoms with Crippen LogP contribution in [0, 0.1) is 0 Å². The van der Waals surface area contributed by atoms with Gasteiger partial charge < -0.3 is 24.1 Å². The predicted octanol–water partition coefficient (Wildman–Crippen LogP) is 3.09. The molecule has 0 aliphatic carbocycles. The molecule has 0 aliphatic rings. The molecule has 150 valence electrons. The van der Waals surface area contributed by atoms with Gasteiger partial charge in [-0.3, -0.25) is 4.79 Å². The van der Waals surface area contributed by atoms with Gasteiger partial charge in [0.15, 0.2) is 11.5 Å². The second-order valence-electron chi connectivity index (χ2n) is 5.91. The Morgan fingerprint density at radius 2 is 1.79 bits per heavy atom. The van der Waals surface area contributed by atoms with Gasteiger partial charge >= 0.3 is 0 Å². The molecule has 1 heterocycles. The van der Waals surface area contributed by atoms with E-state index < -0.39 is 0 Å². The fourth-order valence-electron chi connectivity index (χ4n) is 2.53. The van der Waals surface area contributed by atoms with Crippen LogP contribution in [0.1, 0.15) is 11.5 Å². The summed E-state index contributed by atoms with van der Waals surface area (Å²) in [5.74, 6) is 2.42. The molecule has 0 atom stereocenters. The first kappa shape index (κ1) is 19.9. The highest BCUT2D eigenvalue weighted by Crippen LogP contribution is 2.28. The molecule has 0 saturated carbocycles. The first-order valence-electron chi connectivity index (χ1n) is 8.78. The monoisotopic (exact) mass is 395 g/mol. The first-order valence-corrected chi connectivity index (χ1v) is 8.78. The molecule has 3 aromatic rings. The third-order valence-electron chi connectivity index (χ3n) is 4.06. The Morgan fingerprint density at radius 3 is 2.48 bits per heavy atom. The van der Waals surface area contributed by atoms with Crippen LogP contribution in [0.15, 0.2) is 53.1 Å². The summed E-state index contributed by atoms with van der Waals surface area (Å²) in [6.45, 7) is 0.123. The smallest absolute Gasteiger partial charge is 0.246 e. The zero-order valence-corrected chi connectivity index (χ0v) is 16.3. The lowest BCUT2D eigenvalue weighted by Gasteiger charge is -2.07. The molecular weight excluding hydrogens is 374 g/mol. The molecule has 1 aromatic heterocycles. The Morgan fingerprint density at radius 1 is 1.03 bits per heavy atom. The van der Waals surface area contributed by atoms with E-state index in [1.165, 1.54) is 6.08 Å². The molecule has 3 rings (SSSR count). The minimum atomic E-state index is -0.288. The van der Waals surface area contributed by atoms with Gasteiger partial charge in [0.2, 0.25) is 17.6 Å².